The molecule has 2 rings (SSSR count). The van der Waals surface area contributed by atoms with E-state index in [0.717, 1.165) is 31.7 Å². The van der Waals surface area contributed by atoms with Crippen molar-refractivity contribution in [3.8, 4) is 5.75 Å². The average Bonchev–Trinajstić information content (AvgIpc) is 2.49. The maximum absolute atomic E-state index is 11.9. The van der Waals surface area contributed by atoms with Gasteiger partial charge in [0, 0.05) is 51.7 Å². The average molecular weight is 296 g/mol. The highest BCUT2D eigenvalue weighted by Gasteiger charge is 2.18. The highest BCUT2D eigenvalue weighted by molar-refractivity contribution is 5.29. The molecule has 1 aromatic heterocycles. The summed E-state index contributed by atoms with van der Waals surface area (Å²) in [6.07, 6.45) is 0.843. The molecule has 0 aromatic carbocycles. The van der Waals surface area contributed by atoms with E-state index >= 15 is 0 Å². The highest BCUT2D eigenvalue weighted by atomic mass is 16.5. The van der Waals surface area contributed by atoms with Gasteiger partial charge in [0.1, 0.15) is 0 Å². The number of aromatic hydroxyl groups is 1. The zero-order valence-electron chi connectivity index (χ0n) is 12.8. The Bertz CT molecular complexity index is 521. The van der Waals surface area contributed by atoms with Crippen LogP contribution in [0.25, 0.3) is 0 Å². The van der Waals surface area contributed by atoms with E-state index in [1.54, 1.807) is 7.11 Å². The van der Waals surface area contributed by atoms with Crippen LogP contribution in [0.5, 0.6) is 5.75 Å². The molecule has 21 heavy (non-hydrogen) atoms. The second-order valence-electron chi connectivity index (χ2n) is 5.33. The third-order valence-electron chi connectivity index (χ3n) is 3.81. The number of pyridine rings is 1. The summed E-state index contributed by atoms with van der Waals surface area (Å²) in [4.78, 5) is 14.1. The van der Waals surface area contributed by atoms with Crippen molar-refractivity contribution in [2.75, 3.05) is 40.0 Å². The predicted octanol–water partition coefficient (Wildman–Crippen LogP) is 0.731. The number of hydrogen-bond donors (Lipinski definition) is 1. The molecule has 1 aliphatic heterocycles. The summed E-state index contributed by atoms with van der Waals surface area (Å²) in [6.45, 7) is 6.88. The van der Waals surface area contributed by atoms with Crippen LogP contribution in [-0.4, -0.2) is 54.6 Å². The molecule has 0 bridgehead atoms. The maximum atomic E-state index is 11.9. The summed E-state index contributed by atoms with van der Waals surface area (Å²) in [5, 5.41) is 10.2. The number of ether oxygens (including phenoxy) is 2. The minimum atomic E-state index is -0.307. The van der Waals surface area contributed by atoms with E-state index in [4.69, 9.17) is 9.47 Å². The topological polar surface area (TPSA) is 63.9 Å². The Morgan fingerprint density at radius 1 is 1.38 bits per heavy atom. The largest absolute Gasteiger partial charge is 0.503 e. The first kappa shape index (κ1) is 16.0. The minimum Gasteiger partial charge on any atom is -0.503 e. The van der Waals surface area contributed by atoms with Gasteiger partial charge < -0.3 is 19.1 Å². The molecule has 1 aromatic rings. The quantitative estimate of drug-likeness (QED) is 0.784. The van der Waals surface area contributed by atoms with Gasteiger partial charge in [-0.1, -0.05) is 0 Å². The second-order valence-corrected chi connectivity index (χ2v) is 5.33. The fraction of sp³-hybridized carbons (Fsp3) is 0.667. The monoisotopic (exact) mass is 296 g/mol. The summed E-state index contributed by atoms with van der Waals surface area (Å²) in [5.74, 6) is -0.135. The minimum absolute atomic E-state index is 0.135. The fourth-order valence-electron chi connectivity index (χ4n) is 2.63. The third-order valence-corrected chi connectivity index (χ3v) is 3.81. The summed E-state index contributed by atoms with van der Waals surface area (Å²) < 4.78 is 12.4. The number of morpholine rings is 1. The molecular formula is C15H24N2O4. The number of rotatable bonds is 6. The SMILES string of the molecule is COCCCn1c(C)cc(=O)c(O)c1CN1CCOCC1. The van der Waals surface area contributed by atoms with Crippen molar-refractivity contribution in [1.29, 1.82) is 0 Å². The predicted molar refractivity (Wildman–Crippen MR) is 79.7 cm³/mol. The van der Waals surface area contributed by atoms with Crippen LogP contribution in [0.1, 0.15) is 17.8 Å². The van der Waals surface area contributed by atoms with Crippen LogP contribution in [0.2, 0.25) is 0 Å². The first-order valence-electron chi connectivity index (χ1n) is 7.35. The van der Waals surface area contributed by atoms with Gasteiger partial charge in [-0.15, -0.1) is 0 Å². The maximum Gasteiger partial charge on any atom is 0.223 e. The van der Waals surface area contributed by atoms with E-state index in [1.165, 1.54) is 6.07 Å². The van der Waals surface area contributed by atoms with Crippen LogP contribution in [-0.2, 0) is 22.6 Å². The molecule has 1 saturated heterocycles. The Hall–Kier alpha value is -1.37. The van der Waals surface area contributed by atoms with E-state index in [9.17, 15) is 9.90 Å². The lowest BCUT2D eigenvalue weighted by Gasteiger charge is -2.28. The molecule has 1 aliphatic rings. The molecule has 0 radical (unpaired) electrons. The molecule has 0 amide bonds. The number of aromatic nitrogens is 1. The number of aryl methyl sites for hydroxylation is 1. The van der Waals surface area contributed by atoms with Crippen LogP contribution in [0, 0.1) is 6.92 Å². The second kappa shape index (κ2) is 7.59. The summed E-state index contributed by atoms with van der Waals surface area (Å²) in [6, 6.07) is 1.49. The Morgan fingerprint density at radius 3 is 2.76 bits per heavy atom. The third kappa shape index (κ3) is 4.06. The lowest BCUT2D eigenvalue weighted by atomic mass is 10.2. The molecule has 0 spiro atoms. The van der Waals surface area contributed by atoms with Crippen molar-refractivity contribution >= 4 is 0 Å². The van der Waals surface area contributed by atoms with Gasteiger partial charge in [-0.3, -0.25) is 9.69 Å². The van der Waals surface area contributed by atoms with Crippen molar-refractivity contribution in [3.05, 3.63) is 27.7 Å². The lowest BCUT2D eigenvalue weighted by Crippen LogP contribution is -2.37. The van der Waals surface area contributed by atoms with Crippen LogP contribution in [0.15, 0.2) is 10.9 Å². The van der Waals surface area contributed by atoms with Crippen LogP contribution >= 0.6 is 0 Å². The van der Waals surface area contributed by atoms with E-state index in [0.29, 0.717) is 32.1 Å². The normalized spacial score (nSPS) is 16.3. The summed E-state index contributed by atoms with van der Waals surface area (Å²) in [5.41, 5.74) is 1.26. The Labute approximate surface area is 124 Å². The molecule has 2 heterocycles. The first-order valence-corrected chi connectivity index (χ1v) is 7.35. The highest BCUT2D eigenvalue weighted by Crippen LogP contribution is 2.18. The fourth-order valence-corrected chi connectivity index (χ4v) is 2.63. The summed E-state index contributed by atoms with van der Waals surface area (Å²) in [7, 11) is 1.67. The molecule has 1 N–H and O–H groups in total. The van der Waals surface area contributed by atoms with Gasteiger partial charge in [-0.25, -0.2) is 0 Å². The molecule has 6 nitrogen and oxygen atoms in total. The molecule has 0 unspecified atom stereocenters. The molecular weight excluding hydrogens is 272 g/mol. The zero-order valence-corrected chi connectivity index (χ0v) is 12.8. The van der Waals surface area contributed by atoms with Gasteiger partial charge in [-0.05, 0) is 13.3 Å². The van der Waals surface area contributed by atoms with Crippen molar-refractivity contribution < 1.29 is 14.6 Å². The van der Waals surface area contributed by atoms with Crippen molar-refractivity contribution in [1.82, 2.24) is 9.47 Å². The molecule has 0 atom stereocenters. The smallest absolute Gasteiger partial charge is 0.223 e. The lowest BCUT2D eigenvalue weighted by molar-refractivity contribution is 0.0326. The van der Waals surface area contributed by atoms with E-state index in [1.807, 2.05) is 11.5 Å². The summed E-state index contributed by atoms with van der Waals surface area (Å²) >= 11 is 0. The van der Waals surface area contributed by atoms with E-state index < -0.39 is 0 Å². The van der Waals surface area contributed by atoms with Crippen molar-refractivity contribution in [2.45, 2.75) is 26.4 Å². The van der Waals surface area contributed by atoms with Gasteiger partial charge >= 0.3 is 0 Å². The van der Waals surface area contributed by atoms with Gasteiger partial charge in [0.2, 0.25) is 5.43 Å². The molecule has 118 valence electrons. The van der Waals surface area contributed by atoms with Crippen molar-refractivity contribution in [3.63, 3.8) is 0 Å². The van der Waals surface area contributed by atoms with E-state index in [-0.39, 0.29) is 11.2 Å². The van der Waals surface area contributed by atoms with Gasteiger partial charge in [0.15, 0.2) is 5.75 Å². The van der Waals surface area contributed by atoms with Crippen molar-refractivity contribution in [2.24, 2.45) is 0 Å². The van der Waals surface area contributed by atoms with Gasteiger partial charge in [0.05, 0.1) is 18.9 Å². The Kier molecular flexibility index (Phi) is 5.78. The Morgan fingerprint density at radius 2 is 2.10 bits per heavy atom. The van der Waals surface area contributed by atoms with Crippen LogP contribution < -0.4 is 5.43 Å². The molecule has 1 fully saturated rings. The number of hydrogen-bond acceptors (Lipinski definition) is 5. The van der Waals surface area contributed by atoms with Gasteiger partial charge in [0.25, 0.3) is 0 Å². The van der Waals surface area contributed by atoms with Crippen LogP contribution in [0.4, 0.5) is 0 Å². The molecule has 0 saturated carbocycles. The van der Waals surface area contributed by atoms with E-state index in [2.05, 4.69) is 4.90 Å². The first-order chi connectivity index (χ1) is 10.1. The van der Waals surface area contributed by atoms with Crippen LogP contribution in [0.3, 0.4) is 0 Å². The van der Waals surface area contributed by atoms with Gasteiger partial charge in [-0.2, -0.15) is 0 Å². The zero-order chi connectivity index (χ0) is 15.2. The number of nitrogens with zero attached hydrogens (tertiary/aromatic N) is 2. The standard InChI is InChI=1S/C15H24N2O4/c1-12-10-14(18)15(19)13(17(12)4-3-7-20-2)11-16-5-8-21-9-6-16/h10,19H,3-9,11H2,1-2H3. The molecule has 0 aliphatic carbocycles. The number of methoxy groups -OCH3 is 1. The molecule has 6 heteroatoms. The Balaban J connectivity index is 2.24.